The molecule has 0 amide bonds. The van der Waals surface area contributed by atoms with E-state index in [2.05, 4.69) is 67.9 Å². The summed E-state index contributed by atoms with van der Waals surface area (Å²) in [5, 5.41) is 0.759. The van der Waals surface area contributed by atoms with Crippen LogP contribution in [0.5, 0.6) is 0 Å². The predicted molar refractivity (Wildman–Crippen MR) is 99.9 cm³/mol. The lowest BCUT2D eigenvalue weighted by Crippen LogP contribution is -2.33. The van der Waals surface area contributed by atoms with Gasteiger partial charge in [-0.3, -0.25) is 0 Å². The Bertz CT molecular complexity index is 728. The first kappa shape index (κ1) is 16.1. The Kier molecular flexibility index (Phi) is 3.94. The summed E-state index contributed by atoms with van der Waals surface area (Å²) < 4.78 is 1.05. The second-order valence-electron chi connectivity index (χ2n) is 7.65. The fourth-order valence-electron chi connectivity index (χ4n) is 3.48. The second-order valence-corrected chi connectivity index (χ2v) is 8.94. The van der Waals surface area contributed by atoms with E-state index in [1.54, 1.807) is 0 Å². The van der Waals surface area contributed by atoms with Crippen molar-refractivity contribution in [2.45, 2.75) is 51.4 Å². The van der Waals surface area contributed by atoms with Gasteiger partial charge in [0.15, 0.2) is 0 Å². The molecule has 1 aliphatic carbocycles. The molecule has 0 saturated carbocycles. The lowest BCUT2D eigenvalue weighted by molar-refractivity contribution is 0.332. The highest BCUT2D eigenvalue weighted by atomic mass is 79.9. The van der Waals surface area contributed by atoms with Gasteiger partial charge in [0.1, 0.15) is 0 Å². The normalized spacial score (nSPS) is 18.8. The molecule has 0 nitrogen and oxygen atoms in total. The maximum atomic E-state index is 6.07. The van der Waals surface area contributed by atoms with Crippen LogP contribution in [-0.2, 0) is 10.8 Å². The molecule has 0 N–H and O–H groups in total. The van der Waals surface area contributed by atoms with E-state index in [1.807, 2.05) is 12.1 Å². The van der Waals surface area contributed by atoms with Gasteiger partial charge in [0.25, 0.3) is 0 Å². The van der Waals surface area contributed by atoms with Gasteiger partial charge in [-0.25, -0.2) is 0 Å². The average molecular weight is 378 g/mol. The van der Waals surface area contributed by atoms with Crippen LogP contribution in [0.25, 0.3) is 11.1 Å². The molecule has 2 aromatic carbocycles. The molecular formula is C20H22BrCl. The van der Waals surface area contributed by atoms with Crippen molar-refractivity contribution in [1.29, 1.82) is 0 Å². The highest BCUT2D eigenvalue weighted by Gasteiger charge is 2.36. The molecule has 2 heteroatoms. The van der Waals surface area contributed by atoms with Gasteiger partial charge in [-0.2, -0.15) is 0 Å². The third-order valence-electron chi connectivity index (χ3n) is 5.09. The zero-order valence-electron chi connectivity index (χ0n) is 13.6. The van der Waals surface area contributed by atoms with Crippen LogP contribution in [-0.4, -0.2) is 0 Å². The van der Waals surface area contributed by atoms with Crippen LogP contribution in [0, 0.1) is 0 Å². The number of fused-ring (bicyclic) bond motifs is 1. The van der Waals surface area contributed by atoms with E-state index >= 15 is 0 Å². The van der Waals surface area contributed by atoms with Gasteiger partial charge in [0.05, 0.1) is 0 Å². The van der Waals surface area contributed by atoms with Crippen LogP contribution >= 0.6 is 27.5 Å². The molecule has 0 saturated heterocycles. The molecule has 0 radical (unpaired) electrons. The van der Waals surface area contributed by atoms with E-state index in [4.69, 9.17) is 11.6 Å². The molecule has 0 heterocycles. The third-order valence-corrected chi connectivity index (χ3v) is 5.99. The maximum Gasteiger partial charge on any atom is 0.0417 e. The van der Waals surface area contributed by atoms with E-state index in [0.717, 1.165) is 9.50 Å². The first-order chi connectivity index (χ1) is 10.2. The van der Waals surface area contributed by atoms with Crippen LogP contribution in [0.3, 0.4) is 0 Å². The van der Waals surface area contributed by atoms with Gasteiger partial charge in [0, 0.05) is 9.50 Å². The first-order valence-corrected chi connectivity index (χ1v) is 8.98. The average Bonchev–Trinajstić information content (AvgIpc) is 2.44. The van der Waals surface area contributed by atoms with Crippen molar-refractivity contribution >= 4 is 27.5 Å². The highest BCUT2D eigenvalue weighted by Crippen LogP contribution is 2.47. The minimum Gasteiger partial charge on any atom is -0.0843 e. The monoisotopic (exact) mass is 376 g/mol. The van der Waals surface area contributed by atoms with Gasteiger partial charge in [-0.1, -0.05) is 79.5 Å². The summed E-state index contributed by atoms with van der Waals surface area (Å²) >= 11 is 9.72. The van der Waals surface area contributed by atoms with Crippen LogP contribution in [0.15, 0.2) is 40.9 Å². The first-order valence-electron chi connectivity index (χ1n) is 7.81. The minimum absolute atomic E-state index is 0.236. The molecule has 0 atom stereocenters. The third kappa shape index (κ3) is 2.74. The SMILES string of the molecule is CC1(C)CCC(C)(C)c2cc(-c3ccc(Cl)cc3Br)ccc21. The Morgan fingerprint density at radius 2 is 1.50 bits per heavy atom. The van der Waals surface area contributed by atoms with Crippen molar-refractivity contribution in [3.8, 4) is 11.1 Å². The fraction of sp³-hybridized carbons (Fsp3) is 0.400. The predicted octanol–water partition coefficient (Wildman–Crippen LogP) is 7.12. The summed E-state index contributed by atoms with van der Waals surface area (Å²) in [7, 11) is 0. The Morgan fingerprint density at radius 3 is 2.14 bits per heavy atom. The zero-order valence-corrected chi connectivity index (χ0v) is 16.0. The van der Waals surface area contributed by atoms with Crippen LogP contribution < -0.4 is 0 Å². The van der Waals surface area contributed by atoms with Crippen molar-refractivity contribution < 1.29 is 0 Å². The molecule has 0 aliphatic heterocycles. The molecule has 0 bridgehead atoms. The van der Waals surface area contributed by atoms with Gasteiger partial charge in [-0.15, -0.1) is 0 Å². The standard InChI is InChI=1S/C20H22BrCl/c1-19(2)9-10-20(3,4)17-11-13(5-8-16(17)19)15-7-6-14(22)12-18(15)21/h5-8,11-12H,9-10H2,1-4H3. The summed E-state index contributed by atoms with van der Waals surface area (Å²) in [5.74, 6) is 0. The van der Waals surface area contributed by atoms with Crippen molar-refractivity contribution in [3.05, 3.63) is 57.0 Å². The molecule has 0 aromatic heterocycles. The Hall–Kier alpha value is -0.790. The molecule has 116 valence electrons. The quantitative estimate of drug-likeness (QED) is 0.496. The summed E-state index contributed by atoms with van der Waals surface area (Å²) in [5.41, 5.74) is 5.94. The van der Waals surface area contributed by atoms with E-state index < -0.39 is 0 Å². The largest absolute Gasteiger partial charge is 0.0843 e. The van der Waals surface area contributed by atoms with Crippen molar-refractivity contribution in [2.75, 3.05) is 0 Å². The molecule has 0 fully saturated rings. The van der Waals surface area contributed by atoms with Crippen LogP contribution in [0.4, 0.5) is 0 Å². The topological polar surface area (TPSA) is 0 Å². The van der Waals surface area contributed by atoms with Crippen molar-refractivity contribution in [2.24, 2.45) is 0 Å². The summed E-state index contributed by atoms with van der Waals surface area (Å²) in [6, 6.07) is 13.0. The summed E-state index contributed by atoms with van der Waals surface area (Å²) in [4.78, 5) is 0. The molecule has 1 aliphatic rings. The summed E-state index contributed by atoms with van der Waals surface area (Å²) in [6.07, 6.45) is 2.48. The minimum atomic E-state index is 0.236. The highest BCUT2D eigenvalue weighted by molar-refractivity contribution is 9.10. The number of rotatable bonds is 1. The Labute approximate surface area is 147 Å². The molecule has 3 rings (SSSR count). The number of halogens is 2. The van der Waals surface area contributed by atoms with E-state index in [-0.39, 0.29) is 10.8 Å². The van der Waals surface area contributed by atoms with Gasteiger partial charge < -0.3 is 0 Å². The van der Waals surface area contributed by atoms with Crippen molar-refractivity contribution in [1.82, 2.24) is 0 Å². The van der Waals surface area contributed by atoms with E-state index in [1.165, 1.54) is 35.1 Å². The Morgan fingerprint density at radius 1 is 0.864 bits per heavy atom. The fourth-order valence-corrected chi connectivity index (χ4v) is 4.39. The maximum absolute atomic E-state index is 6.07. The lowest BCUT2D eigenvalue weighted by Gasteiger charge is -2.42. The van der Waals surface area contributed by atoms with Gasteiger partial charge >= 0.3 is 0 Å². The molecule has 2 aromatic rings. The molecule has 0 spiro atoms. The lowest BCUT2D eigenvalue weighted by atomic mass is 9.63. The summed E-state index contributed by atoms with van der Waals surface area (Å²) in [6.45, 7) is 9.45. The zero-order chi connectivity index (χ0) is 16.1. The van der Waals surface area contributed by atoms with Gasteiger partial charge in [-0.05, 0) is 58.1 Å². The Balaban J connectivity index is 2.18. The molecule has 22 heavy (non-hydrogen) atoms. The number of hydrogen-bond donors (Lipinski definition) is 0. The smallest absolute Gasteiger partial charge is 0.0417 e. The number of benzene rings is 2. The number of hydrogen-bond acceptors (Lipinski definition) is 0. The molecule has 0 unspecified atom stereocenters. The van der Waals surface area contributed by atoms with Crippen LogP contribution in [0.2, 0.25) is 5.02 Å². The van der Waals surface area contributed by atoms with Crippen LogP contribution in [0.1, 0.15) is 51.7 Å². The van der Waals surface area contributed by atoms with E-state index in [9.17, 15) is 0 Å². The molecular weight excluding hydrogens is 356 g/mol. The second kappa shape index (κ2) is 5.39. The van der Waals surface area contributed by atoms with E-state index in [0.29, 0.717) is 0 Å². The van der Waals surface area contributed by atoms with Gasteiger partial charge in [0.2, 0.25) is 0 Å². The van der Waals surface area contributed by atoms with Crippen molar-refractivity contribution in [3.63, 3.8) is 0 Å².